The summed E-state index contributed by atoms with van der Waals surface area (Å²) in [5, 5.41) is 6.24. The minimum atomic E-state index is -2.94. The number of ether oxygens (including phenoxy) is 1. The monoisotopic (exact) mass is 472 g/mol. The van der Waals surface area contributed by atoms with Gasteiger partial charge in [0.15, 0.2) is 17.4 Å². The van der Waals surface area contributed by atoms with Crippen LogP contribution in [0.15, 0.2) is 54.2 Å². The van der Waals surface area contributed by atoms with E-state index in [0.717, 1.165) is 12.8 Å². The minimum Gasteiger partial charge on any atom is -0.432 e. The Labute approximate surface area is 190 Å². The van der Waals surface area contributed by atoms with Gasteiger partial charge in [-0.1, -0.05) is 0 Å². The number of fused-ring (bicyclic) bond motifs is 1. The van der Waals surface area contributed by atoms with Gasteiger partial charge in [0.2, 0.25) is 11.6 Å². The fourth-order valence-corrected chi connectivity index (χ4v) is 3.96. The Balaban J connectivity index is 1.22. The molecule has 10 nitrogen and oxygen atoms in total. The van der Waals surface area contributed by atoms with Gasteiger partial charge >= 0.3 is 6.61 Å². The van der Waals surface area contributed by atoms with Gasteiger partial charge in [-0.15, -0.1) is 0 Å². The molecule has 1 saturated carbocycles. The number of hydrogen-bond acceptors (Lipinski definition) is 8. The fourth-order valence-electron chi connectivity index (χ4n) is 3.96. The number of hydrogen-bond donors (Lipinski definition) is 2. The van der Waals surface area contributed by atoms with Crippen molar-refractivity contribution in [1.29, 1.82) is 0 Å². The average molecular weight is 472 g/mol. The first-order valence-electron chi connectivity index (χ1n) is 10.5. The van der Waals surface area contributed by atoms with Crippen LogP contribution in [0.2, 0.25) is 0 Å². The van der Waals surface area contributed by atoms with Crippen LogP contribution in [0.4, 0.5) is 24.9 Å². The van der Waals surface area contributed by atoms with E-state index < -0.39 is 12.4 Å². The van der Waals surface area contributed by atoms with Crippen molar-refractivity contribution in [3.05, 3.63) is 65.6 Å². The molecule has 0 radical (unpaired) electrons. The summed E-state index contributed by atoms with van der Waals surface area (Å²) in [6, 6.07) is 1.22. The van der Waals surface area contributed by atoms with E-state index in [0.29, 0.717) is 18.1 Å². The molecule has 0 saturated heterocycles. The summed E-state index contributed by atoms with van der Waals surface area (Å²) in [5.74, 6) is -0.319. The maximum absolute atomic E-state index is 14.8. The summed E-state index contributed by atoms with van der Waals surface area (Å²) >= 11 is 0. The van der Waals surface area contributed by atoms with Gasteiger partial charge in [-0.3, -0.25) is 9.36 Å². The summed E-state index contributed by atoms with van der Waals surface area (Å²) in [6.07, 6.45) is 12.3. The molecule has 34 heavy (non-hydrogen) atoms. The molecule has 1 aliphatic carbocycles. The second kappa shape index (κ2) is 9.00. The first-order chi connectivity index (χ1) is 16.5. The van der Waals surface area contributed by atoms with Crippen molar-refractivity contribution in [3.8, 4) is 11.4 Å². The van der Waals surface area contributed by atoms with E-state index in [1.54, 1.807) is 16.8 Å². The molecule has 1 fully saturated rings. The Morgan fingerprint density at radius 3 is 2.50 bits per heavy atom. The largest absolute Gasteiger partial charge is 0.432 e. The summed E-state index contributed by atoms with van der Waals surface area (Å²) in [7, 11) is 0. The van der Waals surface area contributed by atoms with Crippen molar-refractivity contribution < 1.29 is 17.9 Å². The van der Waals surface area contributed by atoms with E-state index in [1.807, 2.05) is 0 Å². The number of alkyl halides is 2. The molecule has 2 N–H and O–H groups in total. The molecule has 176 valence electrons. The molecule has 0 bridgehead atoms. The van der Waals surface area contributed by atoms with Crippen LogP contribution in [0.3, 0.4) is 0 Å². The summed E-state index contributed by atoms with van der Waals surface area (Å²) < 4.78 is 46.3. The number of halogens is 3. The highest BCUT2D eigenvalue weighted by atomic mass is 19.3. The number of nitrogens with one attached hydrogen (secondary N) is 2. The van der Waals surface area contributed by atoms with E-state index in [-0.39, 0.29) is 34.9 Å². The molecule has 1 aliphatic rings. The smallest absolute Gasteiger partial charge is 0.387 e. The maximum Gasteiger partial charge on any atom is 0.387 e. The Bertz CT molecular complexity index is 1360. The molecule has 4 aromatic heterocycles. The van der Waals surface area contributed by atoms with E-state index in [1.165, 1.54) is 41.6 Å². The number of rotatable bonds is 7. The van der Waals surface area contributed by atoms with Crippen LogP contribution < -0.4 is 20.9 Å². The third-order valence-electron chi connectivity index (χ3n) is 5.52. The Morgan fingerprint density at radius 2 is 1.76 bits per heavy atom. The third-order valence-corrected chi connectivity index (χ3v) is 5.52. The summed E-state index contributed by atoms with van der Waals surface area (Å²) in [4.78, 5) is 28.7. The number of imidazole rings is 1. The average Bonchev–Trinajstić information content (AvgIpc) is 3.46. The second-order valence-corrected chi connectivity index (χ2v) is 7.77. The molecule has 0 unspecified atom stereocenters. The molecule has 0 spiro atoms. The highest BCUT2D eigenvalue weighted by Gasteiger charge is 2.26. The molecular formula is C21H19F3N8O2. The molecule has 4 aromatic rings. The number of aromatic nitrogens is 6. The number of pyridine rings is 1. The molecule has 5 rings (SSSR count). The van der Waals surface area contributed by atoms with Gasteiger partial charge in [-0.05, 0) is 19.3 Å². The van der Waals surface area contributed by atoms with Gasteiger partial charge in [0.25, 0.3) is 5.56 Å². The lowest BCUT2D eigenvalue weighted by atomic mass is 10.2. The highest BCUT2D eigenvalue weighted by Crippen LogP contribution is 2.26. The van der Waals surface area contributed by atoms with Gasteiger partial charge in [0, 0.05) is 42.9 Å². The summed E-state index contributed by atoms with van der Waals surface area (Å²) in [6.45, 7) is -2.94. The van der Waals surface area contributed by atoms with Crippen LogP contribution in [0.25, 0.3) is 11.3 Å². The number of anilines is 2. The van der Waals surface area contributed by atoms with Crippen LogP contribution in [0.5, 0.6) is 5.75 Å². The zero-order valence-corrected chi connectivity index (χ0v) is 17.6. The molecule has 13 heteroatoms. The topological polar surface area (TPSA) is 111 Å². The molecular weight excluding hydrogens is 453 g/mol. The Hall–Kier alpha value is -4.16. The first kappa shape index (κ1) is 21.7. The standard InChI is InChI=1S/C21H19F3N8O2/c22-16-8-14(32-6-5-31-4-3-25-18(31)19(32)33)9-26-17(16)29-12-1-2-13(7-12)30-21-27-10-15(11-28-21)34-20(23)24/h3-6,8-13,20H,1-2,7H2,(H,26,29)(H,27,28,30)/t12-,13-/m0/s1. The van der Waals surface area contributed by atoms with Gasteiger partial charge in [-0.2, -0.15) is 8.78 Å². The van der Waals surface area contributed by atoms with Gasteiger partial charge in [-0.25, -0.2) is 24.3 Å². The third kappa shape index (κ3) is 4.49. The quantitative estimate of drug-likeness (QED) is 0.423. The van der Waals surface area contributed by atoms with Crippen molar-refractivity contribution in [3.63, 3.8) is 0 Å². The first-order valence-corrected chi connectivity index (χ1v) is 10.5. The fraction of sp³-hybridized carbons (Fsp3) is 0.286. The number of nitrogens with zero attached hydrogens (tertiary/aromatic N) is 6. The van der Waals surface area contributed by atoms with E-state index in [2.05, 4.69) is 35.3 Å². The lowest BCUT2D eigenvalue weighted by molar-refractivity contribution is -0.0503. The van der Waals surface area contributed by atoms with E-state index in [4.69, 9.17) is 0 Å². The maximum atomic E-state index is 14.8. The van der Waals surface area contributed by atoms with E-state index in [9.17, 15) is 18.0 Å². The lowest BCUT2D eigenvalue weighted by Crippen LogP contribution is -2.23. The highest BCUT2D eigenvalue weighted by molar-refractivity contribution is 5.46. The van der Waals surface area contributed by atoms with Crippen LogP contribution in [-0.2, 0) is 0 Å². The Kier molecular flexibility index (Phi) is 5.74. The van der Waals surface area contributed by atoms with Crippen molar-refractivity contribution in [2.24, 2.45) is 0 Å². The lowest BCUT2D eigenvalue weighted by Gasteiger charge is -2.16. The SMILES string of the molecule is O=c1c2nccn2ccn1-c1cnc(N[C@H]2CC[C@H](Nc3ncc(OC(F)F)cn3)C2)c(F)c1. The van der Waals surface area contributed by atoms with Crippen LogP contribution in [-0.4, -0.2) is 47.6 Å². The van der Waals surface area contributed by atoms with Crippen LogP contribution in [0.1, 0.15) is 19.3 Å². The summed E-state index contributed by atoms with van der Waals surface area (Å²) in [5.41, 5.74) is 0.144. The van der Waals surface area contributed by atoms with Crippen molar-refractivity contribution in [2.75, 3.05) is 10.6 Å². The zero-order valence-electron chi connectivity index (χ0n) is 17.6. The molecule has 0 aliphatic heterocycles. The molecule has 4 heterocycles. The van der Waals surface area contributed by atoms with Gasteiger partial charge in [0.05, 0.1) is 24.3 Å². The van der Waals surface area contributed by atoms with Gasteiger partial charge in [0.1, 0.15) is 0 Å². The van der Waals surface area contributed by atoms with Crippen molar-refractivity contribution in [1.82, 2.24) is 28.9 Å². The van der Waals surface area contributed by atoms with E-state index >= 15 is 0 Å². The molecule has 0 amide bonds. The van der Waals surface area contributed by atoms with Crippen LogP contribution in [0, 0.1) is 5.82 Å². The predicted octanol–water partition coefficient (Wildman–Crippen LogP) is 2.86. The van der Waals surface area contributed by atoms with Crippen LogP contribution >= 0.6 is 0 Å². The normalized spacial score (nSPS) is 17.9. The Morgan fingerprint density at radius 1 is 1.00 bits per heavy atom. The molecule has 0 aromatic carbocycles. The van der Waals surface area contributed by atoms with Gasteiger partial charge < -0.3 is 19.8 Å². The van der Waals surface area contributed by atoms with Crippen molar-refractivity contribution in [2.45, 2.75) is 38.0 Å². The second-order valence-electron chi connectivity index (χ2n) is 7.77. The molecule has 2 atom stereocenters. The minimum absolute atomic E-state index is 0.0153. The zero-order chi connectivity index (χ0) is 23.7. The predicted molar refractivity (Wildman–Crippen MR) is 116 cm³/mol. The van der Waals surface area contributed by atoms with Crippen molar-refractivity contribution >= 4 is 17.4 Å².